The number of hydrogen-bond acceptors (Lipinski definition) is 8. The summed E-state index contributed by atoms with van der Waals surface area (Å²) in [7, 11) is 0. The zero-order valence-electron chi connectivity index (χ0n) is 17.5. The van der Waals surface area contributed by atoms with Gasteiger partial charge in [0.15, 0.2) is 0 Å². The molecule has 1 N–H and O–H groups in total. The number of carbonyl (C=O) groups is 3. The molecule has 0 radical (unpaired) electrons. The van der Waals surface area contributed by atoms with Gasteiger partial charge in [-0.2, -0.15) is 0 Å². The summed E-state index contributed by atoms with van der Waals surface area (Å²) in [5.41, 5.74) is -0.160. The van der Waals surface area contributed by atoms with Crippen molar-refractivity contribution in [3.05, 3.63) is 47.6 Å². The van der Waals surface area contributed by atoms with Crippen molar-refractivity contribution in [1.82, 2.24) is 0 Å². The molecule has 0 spiro atoms. The summed E-state index contributed by atoms with van der Waals surface area (Å²) >= 11 is 0. The van der Waals surface area contributed by atoms with Crippen molar-refractivity contribution >= 4 is 17.9 Å². The first-order chi connectivity index (χ1) is 14.0. The maximum absolute atomic E-state index is 12.8. The lowest BCUT2D eigenvalue weighted by molar-refractivity contribution is -0.188. The number of ether oxygens (including phenoxy) is 4. The molecule has 0 aliphatic carbocycles. The van der Waals surface area contributed by atoms with Gasteiger partial charge in [0, 0.05) is 18.9 Å². The molecule has 0 aromatic rings. The van der Waals surface area contributed by atoms with Crippen molar-refractivity contribution < 1.29 is 38.4 Å². The molecule has 0 unspecified atom stereocenters. The fourth-order valence-corrected chi connectivity index (χ4v) is 3.87. The fourth-order valence-electron chi connectivity index (χ4n) is 3.87. The van der Waals surface area contributed by atoms with Crippen LogP contribution >= 0.6 is 0 Å². The van der Waals surface area contributed by atoms with Crippen molar-refractivity contribution in [2.75, 3.05) is 6.61 Å². The van der Waals surface area contributed by atoms with E-state index in [1.165, 1.54) is 19.1 Å². The van der Waals surface area contributed by atoms with Crippen LogP contribution in [-0.2, 0) is 33.3 Å². The highest BCUT2D eigenvalue weighted by Crippen LogP contribution is 2.44. The van der Waals surface area contributed by atoms with Gasteiger partial charge in [-0.3, -0.25) is 4.79 Å². The number of hydrogen-bond donors (Lipinski definition) is 1. The van der Waals surface area contributed by atoms with E-state index in [9.17, 15) is 19.5 Å². The summed E-state index contributed by atoms with van der Waals surface area (Å²) in [6, 6.07) is 0. The number of esters is 3. The number of carbonyl (C=O) groups excluding carboxylic acids is 3. The van der Waals surface area contributed by atoms with E-state index in [-0.39, 0.29) is 24.2 Å². The third kappa shape index (κ3) is 4.11. The molecule has 0 amide bonds. The molecule has 8 heteroatoms. The average molecular weight is 418 g/mol. The molecule has 1 saturated heterocycles. The second-order valence-electron chi connectivity index (χ2n) is 7.96. The van der Waals surface area contributed by atoms with Crippen LogP contribution in [0.2, 0.25) is 0 Å². The van der Waals surface area contributed by atoms with Gasteiger partial charge in [0.2, 0.25) is 5.79 Å². The summed E-state index contributed by atoms with van der Waals surface area (Å²) in [4.78, 5) is 36.1. The van der Waals surface area contributed by atoms with E-state index < -0.39 is 47.4 Å². The number of allylic oxidation sites excluding steroid dienone is 1. The summed E-state index contributed by atoms with van der Waals surface area (Å²) in [6.07, 6.45) is 4.88. The molecular weight excluding hydrogens is 392 g/mol. The molecule has 30 heavy (non-hydrogen) atoms. The van der Waals surface area contributed by atoms with Gasteiger partial charge in [0.25, 0.3) is 0 Å². The van der Waals surface area contributed by atoms with Crippen LogP contribution in [0.3, 0.4) is 0 Å². The Balaban J connectivity index is 1.94. The van der Waals surface area contributed by atoms with Crippen molar-refractivity contribution in [3.8, 4) is 0 Å². The molecule has 0 saturated carbocycles. The van der Waals surface area contributed by atoms with E-state index in [0.717, 1.165) is 0 Å². The minimum Gasteiger partial charge on any atom is -0.461 e. The van der Waals surface area contributed by atoms with E-state index in [1.54, 1.807) is 32.9 Å². The van der Waals surface area contributed by atoms with Gasteiger partial charge in [-0.25, -0.2) is 9.59 Å². The summed E-state index contributed by atoms with van der Waals surface area (Å²) in [5, 5.41) is 10.8. The molecule has 3 rings (SSSR count). The zero-order chi connectivity index (χ0) is 22.3. The second-order valence-corrected chi connectivity index (χ2v) is 7.96. The Labute approximate surface area is 174 Å². The molecule has 0 aromatic carbocycles. The van der Waals surface area contributed by atoms with Crippen LogP contribution in [0.5, 0.6) is 0 Å². The number of rotatable bonds is 4. The Kier molecular flexibility index (Phi) is 5.75. The lowest BCUT2D eigenvalue weighted by Crippen LogP contribution is -2.41. The Morgan fingerprint density at radius 1 is 1.40 bits per heavy atom. The maximum Gasteiger partial charge on any atom is 0.337 e. The molecule has 3 aliphatic heterocycles. The van der Waals surface area contributed by atoms with E-state index in [0.29, 0.717) is 5.57 Å². The van der Waals surface area contributed by atoms with Crippen molar-refractivity contribution in [3.63, 3.8) is 0 Å². The monoisotopic (exact) mass is 418 g/mol. The molecular formula is C22H26O8. The predicted octanol–water partition coefficient (Wildman–Crippen LogP) is 1.89. The van der Waals surface area contributed by atoms with Gasteiger partial charge >= 0.3 is 17.9 Å². The van der Waals surface area contributed by atoms with Crippen LogP contribution in [0.15, 0.2) is 47.6 Å². The Bertz CT molecular complexity index is 882. The van der Waals surface area contributed by atoms with Gasteiger partial charge in [-0.05, 0) is 38.5 Å². The average Bonchev–Trinajstić information content (AvgIpc) is 3.11. The highest BCUT2D eigenvalue weighted by molar-refractivity contribution is 5.92. The maximum atomic E-state index is 12.8. The molecule has 5 atom stereocenters. The van der Waals surface area contributed by atoms with Crippen LogP contribution in [-0.4, -0.2) is 53.2 Å². The van der Waals surface area contributed by atoms with Crippen LogP contribution in [0, 0.1) is 5.92 Å². The van der Waals surface area contributed by atoms with Crippen LogP contribution in [0.4, 0.5) is 0 Å². The number of fused-ring (bicyclic) bond motifs is 3. The first-order valence-corrected chi connectivity index (χ1v) is 9.69. The second kappa shape index (κ2) is 7.85. The van der Waals surface area contributed by atoms with E-state index in [2.05, 4.69) is 6.58 Å². The fraction of sp³-hybridized carbons (Fsp3) is 0.500. The molecule has 2 bridgehead atoms. The van der Waals surface area contributed by atoms with Gasteiger partial charge in [0.05, 0.1) is 17.1 Å². The predicted molar refractivity (Wildman–Crippen MR) is 105 cm³/mol. The van der Waals surface area contributed by atoms with Gasteiger partial charge in [-0.15, -0.1) is 0 Å². The third-order valence-corrected chi connectivity index (χ3v) is 5.60. The topological polar surface area (TPSA) is 108 Å². The van der Waals surface area contributed by atoms with Crippen LogP contribution in [0.1, 0.15) is 34.1 Å². The quantitative estimate of drug-likeness (QED) is 0.319. The van der Waals surface area contributed by atoms with Gasteiger partial charge < -0.3 is 24.1 Å². The van der Waals surface area contributed by atoms with Crippen LogP contribution in [0.25, 0.3) is 0 Å². The normalized spacial score (nSPS) is 35.6. The zero-order valence-corrected chi connectivity index (χ0v) is 17.5. The van der Waals surface area contributed by atoms with Gasteiger partial charge in [0.1, 0.15) is 18.8 Å². The Hall–Kier alpha value is -2.71. The minimum absolute atomic E-state index is 0.153. The van der Waals surface area contributed by atoms with Crippen LogP contribution < -0.4 is 0 Å². The van der Waals surface area contributed by atoms with Gasteiger partial charge in [-0.1, -0.05) is 18.7 Å². The smallest absolute Gasteiger partial charge is 0.337 e. The highest BCUT2D eigenvalue weighted by atomic mass is 16.6. The summed E-state index contributed by atoms with van der Waals surface area (Å²) in [6.45, 7) is 9.90. The highest BCUT2D eigenvalue weighted by Gasteiger charge is 2.52. The molecule has 8 nitrogen and oxygen atoms in total. The Morgan fingerprint density at radius 2 is 2.10 bits per heavy atom. The first kappa shape index (κ1) is 22.0. The molecule has 0 aromatic heterocycles. The third-order valence-electron chi connectivity index (χ3n) is 5.60. The lowest BCUT2D eigenvalue weighted by Gasteiger charge is -2.33. The lowest BCUT2D eigenvalue weighted by atomic mass is 9.83. The molecule has 162 valence electrons. The summed E-state index contributed by atoms with van der Waals surface area (Å²) < 4.78 is 22.0. The molecule has 3 heterocycles. The minimum atomic E-state index is -1.64. The van der Waals surface area contributed by atoms with E-state index >= 15 is 0 Å². The van der Waals surface area contributed by atoms with E-state index in [1.807, 2.05) is 0 Å². The molecule has 1 fully saturated rings. The number of aliphatic hydroxyl groups is 1. The Morgan fingerprint density at radius 3 is 2.73 bits per heavy atom. The molecule has 3 aliphatic rings. The van der Waals surface area contributed by atoms with Crippen molar-refractivity contribution in [1.29, 1.82) is 0 Å². The first-order valence-electron chi connectivity index (χ1n) is 9.69. The SMILES string of the molecule is C=C1C(=O)O[C@@H]2C=C(C)[C@@]3(O)C=C[C@@](C)(C[C@@H](OC(=O)/C(=C\C)COC(C)=O)[C@@H]12)O3. The summed E-state index contributed by atoms with van der Waals surface area (Å²) in [5.74, 6) is -4.08. The van der Waals surface area contributed by atoms with Crippen molar-refractivity contribution in [2.24, 2.45) is 5.92 Å². The standard InChI is InChI=1S/C22H26O8/c1-6-15(11-27-14(4)23)20(25)29-17-10-21(5)7-8-22(26,30-21)12(2)9-16-18(17)13(3)19(24)28-16/h6-9,16-18,26H,3,10-11H2,1-2,4-5H3/b12-9?,15-6-/t16-,17-,18+,21+,22-/m1/s1. The van der Waals surface area contributed by atoms with E-state index in [4.69, 9.17) is 18.9 Å². The largest absolute Gasteiger partial charge is 0.461 e. The van der Waals surface area contributed by atoms with Crippen molar-refractivity contribution in [2.45, 2.75) is 57.7 Å².